The standard InChI is InChI=1S/C25H25N3O5S/c1-17(29)19-11-13-23(14-12-19)34(32,33)26-16-18-7-9-20(10-8-18)24(30)27-22-6-4-5-21(15-22)25(31)28(2)3/h4-15,26H,16H2,1-3H3,(H,27,30). The van der Waals surface area contributed by atoms with E-state index >= 15 is 0 Å². The van der Waals surface area contributed by atoms with Gasteiger partial charge in [0.1, 0.15) is 0 Å². The Morgan fingerprint density at radius 1 is 0.824 bits per heavy atom. The maximum atomic E-state index is 12.6. The number of hydrogen-bond donors (Lipinski definition) is 2. The van der Waals surface area contributed by atoms with Gasteiger partial charge in [-0.25, -0.2) is 13.1 Å². The number of benzene rings is 3. The molecule has 0 bridgehead atoms. The minimum atomic E-state index is -3.76. The molecule has 176 valence electrons. The summed E-state index contributed by atoms with van der Waals surface area (Å²) in [4.78, 5) is 37.5. The van der Waals surface area contributed by atoms with Crippen LogP contribution in [-0.4, -0.2) is 45.0 Å². The van der Waals surface area contributed by atoms with Gasteiger partial charge in [-0.1, -0.05) is 30.3 Å². The Bertz CT molecular complexity index is 1320. The molecule has 3 aromatic carbocycles. The lowest BCUT2D eigenvalue weighted by Gasteiger charge is -2.12. The minimum absolute atomic E-state index is 0.0351. The molecule has 9 heteroatoms. The number of carbonyl (C=O) groups excluding carboxylic acids is 3. The van der Waals surface area contributed by atoms with E-state index < -0.39 is 10.0 Å². The van der Waals surface area contributed by atoms with Gasteiger partial charge in [0, 0.05) is 43.0 Å². The Labute approximate surface area is 198 Å². The van der Waals surface area contributed by atoms with E-state index in [-0.39, 0.29) is 29.0 Å². The molecular weight excluding hydrogens is 454 g/mol. The van der Waals surface area contributed by atoms with Gasteiger partial charge in [-0.05, 0) is 55.0 Å². The number of nitrogens with zero attached hydrogens (tertiary/aromatic N) is 1. The number of rotatable bonds is 8. The van der Waals surface area contributed by atoms with Gasteiger partial charge < -0.3 is 10.2 Å². The van der Waals surface area contributed by atoms with Crippen molar-refractivity contribution in [3.8, 4) is 0 Å². The first-order valence-electron chi connectivity index (χ1n) is 10.4. The normalized spacial score (nSPS) is 11.0. The fraction of sp³-hybridized carbons (Fsp3) is 0.160. The average Bonchev–Trinajstić information content (AvgIpc) is 2.82. The Morgan fingerprint density at radius 2 is 1.44 bits per heavy atom. The van der Waals surface area contributed by atoms with E-state index in [1.165, 1.54) is 36.1 Å². The van der Waals surface area contributed by atoms with Crippen molar-refractivity contribution in [3.05, 3.63) is 95.1 Å². The summed E-state index contributed by atoms with van der Waals surface area (Å²) in [5.74, 6) is -0.666. The smallest absolute Gasteiger partial charge is 0.255 e. The van der Waals surface area contributed by atoms with Crippen molar-refractivity contribution in [3.63, 3.8) is 0 Å². The molecule has 3 aromatic rings. The van der Waals surface area contributed by atoms with Gasteiger partial charge in [-0.2, -0.15) is 0 Å². The molecule has 0 fully saturated rings. The van der Waals surface area contributed by atoms with Crippen LogP contribution < -0.4 is 10.0 Å². The molecule has 0 saturated carbocycles. The first-order valence-corrected chi connectivity index (χ1v) is 11.9. The third-order valence-electron chi connectivity index (χ3n) is 5.03. The van der Waals surface area contributed by atoms with E-state index in [2.05, 4.69) is 10.0 Å². The highest BCUT2D eigenvalue weighted by Crippen LogP contribution is 2.15. The molecule has 0 radical (unpaired) electrons. The van der Waals surface area contributed by atoms with Crippen molar-refractivity contribution in [2.45, 2.75) is 18.4 Å². The summed E-state index contributed by atoms with van der Waals surface area (Å²) in [7, 11) is -0.453. The molecule has 2 N–H and O–H groups in total. The second kappa shape index (κ2) is 10.4. The van der Waals surface area contributed by atoms with Gasteiger partial charge >= 0.3 is 0 Å². The highest BCUT2D eigenvalue weighted by atomic mass is 32.2. The quantitative estimate of drug-likeness (QED) is 0.481. The van der Waals surface area contributed by atoms with E-state index in [9.17, 15) is 22.8 Å². The van der Waals surface area contributed by atoms with E-state index in [1.54, 1.807) is 62.6 Å². The van der Waals surface area contributed by atoms with Crippen LogP contribution in [0.3, 0.4) is 0 Å². The summed E-state index contributed by atoms with van der Waals surface area (Å²) in [6.07, 6.45) is 0. The first kappa shape index (κ1) is 24.8. The lowest BCUT2D eigenvalue weighted by molar-refractivity contribution is 0.0827. The average molecular weight is 480 g/mol. The Balaban J connectivity index is 1.62. The van der Waals surface area contributed by atoms with Crippen LogP contribution in [0, 0.1) is 0 Å². The van der Waals surface area contributed by atoms with Crippen molar-refractivity contribution >= 4 is 33.3 Å². The molecule has 0 aliphatic heterocycles. The van der Waals surface area contributed by atoms with Crippen LogP contribution in [0.1, 0.15) is 43.6 Å². The predicted molar refractivity (Wildman–Crippen MR) is 129 cm³/mol. The Hall–Kier alpha value is -3.82. The van der Waals surface area contributed by atoms with Crippen LogP contribution in [0.2, 0.25) is 0 Å². The number of nitrogens with one attached hydrogen (secondary N) is 2. The summed E-state index contributed by atoms with van der Waals surface area (Å²) in [5, 5.41) is 2.76. The Morgan fingerprint density at radius 3 is 2.03 bits per heavy atom. The first-order chi connectivity index (χ1) is 16.1. The van der Waals surface area contributed by atoms with Crippen LogP contribution in [0.15, 0.2) is 77.7 Å². The number of hydrogen-bond acceptors (Lipinski definition) is 5. The highest BCUT2D eigenvalue weighted by Gasteiger charge is 2.15. The highest BCUT2D eigenvalue weighted by molar-refractivity contribution is 7.89. The maximum Gasteiger partial charge on any atom is 0.255 e. The van der Waals surface area contributed by atoms with Crippen molar-refractivity contribution in [2.24, 2.45) is 0 Å². The summed E-state index contributed by atoms with van der Waals surface area (Å²) < 4.78 is 27.5. The van der Waals surface area contributed by atoms with Crippen LogP contribution in [0.25, 0.3) is 0 Å². The van der Waals surface area contributed by atoms with Gasteiger partial charge in [0.2, 0.25) is 10.0 Å². The summed E-state index contributed by atoms with van der Waals surface area (Å²) in [6, 6.07) is 18.9. The molecule has 0 spiro atoms. The summed E-state index contributed by atoms with van der Waals surface area (Å²) >= 11 is 0. The zero-order chi connectivity index (χ0) is 24.9. The third-order valence-corrected chi connectivity index (χ3v) is 6.44. The fourth-order valence-electron chi connectivity index (χ4n) is 3.10. The van der Waals surface area contributed by atoms with Gasteiger partial charge in [-0.3, -0.25) is 14.4 Å². The lowest BCUT2D eigenvalue weighted by atomic mass is 10.1. The minimum Gasteiger partial charge on any atom is -0.345 e. The van der Waals surface area contributed by atoms with Crippen LogP contribution in [-0.2, 0) is 16.6 Å². The molecule has 0 aliphatic rings. The van der Waals surface area contributed by atoms with Crippen molar-refractivity contribution in [1.29, 1.82) is 0 Å². The van der Waals surface area contributed by atoms with Crippen LogP contribution in [0.5, 0.6) is 0 Å². The second-order valence-corrected chi connectivity index (χ2v) is 9.60. The number of ketones is 1. The van der Waals surface area contributed by atoms with Gasteiger partial charge in [0.15, 0.2) is 5.78 Å². The van der Waals surface area contributed by atoms with Gasteiger partial charge in [0.05, 0.1) is 4.90 Å². The summed E-state index contributed by atoms with van der Waals surface area (Å²) in [6.45, 7) is 1.45. The molecule has 34 heavy (non-hydrogen) atoms. The molecule has 3 rings (SSSR count). The SMILES string of the molecule is CC(=O)c1ccc(S(=O)(=O)NCc2ccc(C(=O)Nc3cccc(C(=O)N(C)C)c3)cc2)cc1. The van der Waals surface area contributed by atoms with Gasteiger partial charge in [0.25, 0.3) is 11.8 Å². The lowest BCUT2D eigenvalue weighted by Crippen LogP contribution is -2.23. The fourth-order valence-corrected chi connectivity index (χ4v) is 4.11. The molecule has 0 saturated heterocycles. The molecule has 0 heterocycles. The number of sulfonamides is 1. The molecule has 2 amide bonds. The van der Waals surface area contributed by atoms with E-state index in [0.29, 0.717) is 27.9 Å². The van der Waals surface area contributed by atoms with Crippen LogP contribution >= 0.6 is 0 Å². The van der Waals surface area contributed by atoms with Crippen molar-refractivity contribution < 1.29 is 22.8 Å². The number of amides is 2. The van der Waals surface area contributed by atoms with Gasteiger partial charge in [-0.15, -0.1) is 0 Å². The number of anilines is 1. The largest absolute Gasteiger partial charge is 0.345 e. The zero-order valence-electron chi connectivity index (χ0n) is 19.0. The van der Waals surface area contributed by atoms with Crippen molar-refractivity contribution in [1.82, 2.24) is 9.62 Å². The second-order valence-electron chi connectivity index (χ2n) is 7.84. The molecular formula is C25H25N3O5S. The number of carbonyl (C=O) groups is 3. The Kier molecular flexibility index (Phi) is 7.60. The van der Waals surface area contributed by atoms with E-state index in [4.69, 9.17) is 0 Å². The molecule has 0 aliphatic carbocycles. The molecule has 8 nitrogen and oxygen atoms in total. The predicted octanol–water partition coefficient (Wildman–Crippen LogP) is 3.32. The molecule has 0 aromatic heterocycles. The van der Waals surface area contributed by atoms with E-state index in [1.807, 2.05) is 0 Å². The molecule has 0 atom stereocenters. The summed E-state index contributed by atoms with van der Waals surface area (Å²) in [5.41, 5.74) is 2.44. The van der Waals surface area contributed by atoms with Crippen LogP contribution in [0.4, 0.5) is 5.69 Å². The van der Waals surface area contributed by atoms with E-state index in [0.717, 1.165) is 0 Å². The molecule has 0 unspecified atom stereocenters. The third kappa shape index (κ3) is 6.15. The van der Waals surface area contributed by atoms with Crippen molar-refractivity contribution in [2.75, 3.05) is 19.4 Å². The number of Topliss-reactive ketones (excluding diaryl/α,β-unsaturated/α-hetero) is 1. The zero-order valence-corrected chi connectivity index (χ0v) is 19.8. The monoisotopic (exact) mass is 479 g/mol. The maximum absolute atomic E-state index is 12.6. The topological polar surface area (TPSA) is 113 Å².